The lowest BCUT2D eigenvalue weighted by Gasteiger charge is -2.01. The molecule has 6 heteroatoms. The van der Waals surface area contributed by atoms with Crippen molar-refractivity contribution in [3.8, 4) is 0 Å². The topological polar surface area (TPSA) is 78.0 Å². The molecule has 0 atom stereocenters. The molecule has 1 aliphatic rings. The average Bonchev–Trinajstić information content (AvgIpc) is 3.09. The summed E-state index contributed by atoms with van der Waals surface area (Å²) in [4.78, 5) is 0.144. The Kier molecular flexibility index (Phi) is 3.35. The Hall–Kier alpha value is -1.66. The first kappa shape index (κ1) is 13.3. The monoisotopic (exact) mass is 291 g/mol. The lowest BCUT2D eigenvalue weighted by Crippen LogP contribution is -2.11. The van der Waals surface area contributed by atoms with Gasteiger partial charge >= 0.3 is 0 Å². The van der Waals surface area contributed by atoms with Crippen LogP contribution in [-0.2, 0) is 23.0 Å². The standard InChI is InChI=1S/C14H17N3O2S/c15-20(18,19)14-5-3-11(4-6-14)7-13-8-16-17(10-13)9-12-1-2-12/h3-6,8,10,12H,1-2,7,9H2,(H2,15,18,19). The summed E-state index contributed by atoms with van der Waals surface area (Å²) >= 11 is 0. The molecule has 0 unspecified atom stereocenters. The van der Waals surface area contributed by atoms with Crippen molar-refractivity contribution in [2.24, 2.45) is 11.1 Å². The summed E-state index contributed by atoms with van der Waals surface area (Å²) in [6, 6.07) is 6.66. The van der Waals surface area contributed by atoms with Crippen molar-refractivity contribution in [3.63, 3.8) is 0 Å². The van der Waals surface area contributed by atoms with E-state index in [1.807, 2.05) is 10.9 Å². The molecule has 0 spiro atoms. The van der Waals surface area contributed by atoms with Gasteiger partial charge in [-0.25, -0.2) is 13.6 Å². The zero-order valence-corrected chi connectivity index (χ0v) is 11.9. The molecule has 20 heavy (non-hydrogen) atoms. The maximum atomic E-state index is 11.2. The quantitative estimate of drug-likeness (QED) is 0.907. The fourth-order valence-electron chi connectivity index (χ4n) is 2.20. The molecule has 1 aromatic carbocycles. The lowest BCUT2D eigenvalue weighted by molar-refractivity contribution is 0.563. The molecule has 1 heterocycles. The smallest absolute Gasteiger partial charge is 0.238 e. The van der Waals surface area contributed by atoms with Crippen LogP contribution in [0.4, 0.5) is 0 Å². The molecule has 5 nitrogen and oxygen atoms in total. The summed E-state index contributed by atoms with van der Waals surface area (Å²) in [6.45, 7) is 1.00. The van der Waals surface area contributed by atoms with E-state index in [9.17, 15) is 8.42 Å². The number of nitrogens with two attached hydrogens (primary N) is 1. The van der Waals surface area contributed by atoms with E-state index < -0.39 is 10.0 Å². The number of benzene rings is 1. The minimum Gasteiger partial charge on any atom is -0.272 e. The van der Waals surface area contributed by atoms with Crippen LogP contribution in [0.2, 0.25) is 0 Å². The highest BCUT2D eigenvalue weighted by Crippen LogP contribution is 2.30. The summed E-state index contributed by atoms with van der Waals surface area (Å²) in [5.74, 6) is 0.803. The van der Waals surface area contributed by atoms with Crippen molar-refractivity contribution < 1.29 is 8.42 Å². The second kappa shape index (κ2) is 5.03. The van der Waals surface area contributed by atoms with E-state index in [4.69, 9.17) is 5.14 Å². The van der Waals surface area contributed by atoms with E-state index in [2.05, 4.69) is 11.3 Å². The Labute approximate surface area is 118 Å². The van der Waals surface area contributed by atoms with Gasteiger partial charge in [0.2, 0.25) is 10.0 Å². The van der Waals surface area contributed by atoms with Crippen molar-refractivity contribution >= 4 is 10.0 Å². The highest BCUT2D eigenvalue weighted by atomic mass is 32.2. The normalized spacial score (nSPS) is 15.4. The van der Waals surface area contributed by atoms with Gasteiger partial charge in [-0.2, -0.15) is 5.10 Å². The summed E-state index contributed by atoms with van der Waals surface area (Å²) in [5.41, 5.74) is 2.18. The summed E-state index contributed by atoms with van der Waals surface area (Å²) in [7, 11) is -3.61. The molecule has 0 aliphatic heterocycles. The van der Waals surface area contributed by atoms with E-state index in [0.29, 0.717) is 0 Å². The van der Waals surface area contributed by atoms with Crippen molar-refractivity contribution in [1.29, 1.82) is 0 Å². The van der Waals surface area contributed by atoms with Gasteiger partial charge in [0.05, 0.1) is 11.1 Å². The molecule has 106 valence electrons. The number of primary sulfonamides is 1. The molecular formula is C14H17N3O2S. The van der Waals surface area contributed by atoms with Crippen LogP contribution in [0.1, 0.15) is 24.0 Å². The van der Waals surface area contributed by atoms with Crippen molar-refractivity contribution in [3.05, 3.63) is 47.8 Å². The molecule has 1 saturated carbocycles. The average molecular weight is 291 g/mol. The lowest BCUT2D eigenvalue weighted by atomic mass is 10.1. The summed E-state index contributed by atoms with van der Waals surface area (Å²) in [5, 5.41) is 9.42. The van der Waals surface area contributed by atoms with Crippen LogP contribution in [0.15, 0.2) is 41.6 Å². The number of sulfonamides is 1. The Morgan fingerprint density at radius 3 is 2.50 bits per heavy atom. The molecule has 0 bridgehead atoms. The van der Waals surface area contributed by atoms with Gasteiger partial charge in [-0.15, -0.1) is 0 Å². The fraction of sp³-hybridized carbons (Fsp3) is 0.357. The number of nitrogens with zero attached hydrogens (tertiary/aromatic N) is 2. The van der Waals surface area contributed by atoms with Gasteiger partial charge in [-0.05, 0) is 42.0 Å². The third kappa shape index (κ3) is 3.26. The zero-order chi connectivity index (χ0) is 14.2. The minimum absolute atomic E-state index is 0.144. The van der Waals surface area contributed by atoms with Crippen LogP contribution in [0.25, 0.3) is 0 Å². The molecule has 0 amide bonds. The molecule has 1 fully saturated rings. The van der Waals surface area contributed by atoms with E-state index in [-0.39, 0.29) is 4.90 Å². The Morgan fingerprint density at radius 1 is 1.20 bits per heavy atom. The summed E-state index contributed by atoms with van der Waals surface area (Å²) in [6.07, 6.45) is 7.30. The highest BCUT2D eigenvalue weighted by Gasteiger charge is 2.21. The van der Waals surface area contributed by atoms with E-state index in [1.165, 1.54) is 12.8 Å². The van der Waals surface area contributed by atoms with Gasteiger partial charge in [-0.1, -0.05) is 12.1 Å². The first-order chi connectivity index (χ1) is 9.50. The van der Waals surface area contributed by atoms with Gasteiger partial charge in [0.25, 0.3) is 0 Å². The van der Waals surface area contributed by atoms with Crippen LogP contribution in [0.3, 0.4) is 0 Å². The van der Waals surface area contributed by atoms with Crippen LogP contribution in [0.5, 0.6) is 0 Å². The first-order valence-corrected chi connectivity index (χ1v) is 8.18. The zero-order valence-electron chi connectivity index (χ0n) is 11.1. The number of hydrogen-bond donors (Lipinski definition) is 1. The number of rotatable bonds is 5. The molecule has 1 aliphatic carbocycles. The predicted octanol–water partition coefficient (Wildman–Crippen LogP) is 1.53. The third-order valence-electron chi connectivity index (χ3n) is 3.49. The third-order valence-corrected chi connectivity index (χ3v) is 4.42. The van der Waals surface area contributed by atoms with Gasteiger partial charge in [0.1, 0.15) is 0 Å². The first-order valence-electron chi connectivity index (χ1n) is 6.64. The maximum Gasteiger partial charge on any atom is 0.238 e. The molecule has 1 aromatic heterocycles. The molecular weight excluding hydrogens is 274 g/mol. The van der Waals surface area contributed by atoms with Crippen LogP contribution in [-0.4, -0.2) is 18.2 Å². The van der Waals surface area contributed by atoms with Gasteiger partial charge < -0.3 is 0 Å². The Bertz CT molecular complexity index is 700. The molecule has 3 rings (SSSR count). The second-order valence-electron chi connectivity index (χ2n) is 5.38. The predicted molar refractivity (Wildman–Crippen MR) is 75.6 cm³/mol. The number of aromatic nitrogens is 2. The van der Waals surface area contributed by atoms with Crippen LogP contribution >= 0.6 is 0 Å². The van der Waals surface area contributed by atoms with E-state index in [1.54, 1.807) is 24.3 Å². The van der Waals surface area contributed by atoms with Crippen molar-refractivity contribution in [1.82, 2.24) is 9.78 Å². The van der Waals surface area contributed by atoms with Gasteiger partial charge in [0, 0.05) is 19.2 Å². The van der Waals surface area contributed by atoms with Crippen molar-refractivity contribution in [2.45, 2.75) is 30.7 Å². The second-order valence-corrected chi connectivity index (χ2v) is 6.94. The van der Waals surface area contributed by atoms with Crippen LogP contribution in [0, 0.1) is 5.92 Å². The Morgan fingerprint density at radius 2 is 1.90 bits per heavy atom. The largest absolute Gasteiger partial charge is 0.272 e. The molecule has 2 aromatic rings. The molecule has 2 N–H and O–H groups in total. The summed E-state index contributed by atoms with van der Waals surface area (Å²) < 4.78 is 24.3. The van der Waals surface area contributed by atoms with E-state index in [0.717, 1.165) is 30.0 Å². The number of hydrogen-bond acceptors (Lipinski definition) is 3. The van der Waals surface area contributed by atoms with Gasteiger partial charge in [-0.3, -0.25) is 4.68 Å². The SMILES string of the molecule is NS(=O)(=O)c1ccc(Cc2cnn(CC3CC3)c2)cc1. The van der Waals surface area contributed by atoms with Gasteiger partial charge in [0.15, 0.2) is 0 Å². The van der Waals surface area contributed by atoms with Crippen LogP contribution < -0.4 is 5.14 Å². The molecule has 0 radical (unpaired) electrons. The van der Waals surface area contributed by atoms with Crippen molar-refractivity contribution in [2.75, 3.05) is 0 Å². The fourth-order valence-corrected chi connectivity index (χ4v) is 2.71. The Balaban J connectivity index is 1.69. The van der Waals surface area contributed by atoms with E-state index >= 15 is 0 Å². The maximum absolute atomic E-state index is 11.2. The minimum atomic E-state index is -3.61. The highest BCUT2D eigenvalue weighted by molar-refractivity contribution is 7.89. The molecule has 0 saturated heterocycles.